The van der Waals surface area contributed by atoms with Gasteiger partial charge in [0, 0.05) is 6.54 Å². The molecule has 1 aliphatic rings. The number of hydrogen-bond acceptors (Lipinski definition) is 3. The zero-order valence-electron chi connectivity index (χ0n) is 8.79. The molecule has 0 aromatic carbocycles. The Hall–Kier alpha value is -0.220. The predicted octanol–water partition coefficient (Wildman–Crippen LogP) is 0.983. The average molecular weight is 216 g/mol. The van der Waals surface area contributed by atoms with E-state index in [-0.39, 0.29) is 11.9 Å². The fourth-order valence-corrected chi connectivity index (χ4v) is 2.72. The number of rotatable bonds is 4. The van der Waals surface area contributed by atoms with Gasteiger partial charge in [0.05, 0.1) is 6.04 Å². The number of hydrogen-bond donors (Lipinski definition) is 2. The molecule has 0 saturated carbocycles. The molecule has 0 aromatic heterocycles. The summed E-state index contributed by atoms with van der Waals surface area (Å²) >= 11 is 2.01. The van der Waals surface area contributed by atoms with E-state index in [1.807, 2.05) is 18.7 Å². The summed E-state index contributed by atoms with van der Waals surface area (Å²) in [5.74, 6) is 3.15. The van der Waals surface area contributed by atoms with Crippen LogP contribution in [0.4, 0.5) is 0 Å². The molecular formula is C10H20N2OS. The molecule has 0 aliphatic carbocycles. The molecule has 0 bridgehead atoms. The van der Waals surface area contributed by atoms with Gasteiger partial charge in [0.25, 0.3) is 0 Å². The van der Waals surface area contributed by atoms with E-state index in [0.717, 1.165) is 6.54 Å². The minimum Gasteiger partial charge on any atom is -0.354 e. The Kier molecular flexibility index (Phi) is 5.33. The zero-order chi connectivity index (χ0) is 10.4. The average Bonchev–Trinajstić information content (AvgIpc) is 2.26. The summed E-state index contributed by atoms with van der Waals surface area (Å²) in [7, 11) is 0. The Morgan fingerprint density at radius 1 is 1.57 bits per heavy atom. The van der Waals surface area contributed by atoms with Gasteiger partial charge in [-0.25, -0.2) is 0 Å². The smallest absolute Gasteiger partial charge is 0.236 e. The van der Waals surface area contributed by atoms with Gasteiger partial charge in [0.2, 0.25) is 5.91 Å². The monoisotopic (exact) mass is 216 g/mol. The number of nitrogens with two attached hydrogens (primary N) is 1. The summed E-state index contributed by atoms with van der Waals surface area (Å²) in [5, 5.41) is 2.93. The summed E-state index contributed by atoms with van der Waals surface area (Å²) < 4.78 is 0. The molecule has 0 unspecified atom stereocenters. The van der Waals surface area contributed by atoms with Crippen LogP contribution in [0, 0.1) is 5.92 Å². The van der Waals surface area contributed by atoms with Crippen molar-refractivity contribution in [3.63, 3.8) is 0 Å². The van der Waals surface area contributed by atoms with Gasteiger partial charge < -0.3 is 11.1 Å². The lowest BCUT2D eigenvalue weighted by Gasteiger charge is -2.22. The molecule has 1 heterocycles. The van der Waals surface area contributed by atoms with E-state index in [1.54, 1.807) is 0 Å². The van der Waals surface area contributed by atoms with Crippen LogP contribution >= 0.6 is 11.8 Å². The van der Waals surface area contributed by atoms with Crippen LogP contribution < -0.4 is 11.1 Å². The first-order chi connectivity index (χ1) is 6.74. The molecule has 0 spiro atoms. The van der Waals surface area contributed by atoms with Crippen molar-refractivity contribution in [3.05, 3.63) is 0 Å². The van der Waals surface area contributed by atoms with Crippen LogP contribution in [-0.2, 0) is 4.79 Å². The van der Waals surface area contributed by atoms with Gasteiger partial charge in [0.1, 0.15) is 0 Å². The fourth-order valence-electron chi connectivity index (χ4n) is 1.51. The van der Waals surface area contributed by atoms with Crippen molar-refractivity contribution in [2.24, 2.45) is 11.7 Å². The molecule has 4 heteroatoms. The van der Waals surface area contributed by atoms with Crippen molar-refractivity contribution in [2.75, 3.05) is 18.1 Å². The highest BCUT2D eigenvalue weighted by atomic mass is 32.2. The first-order valence-electron chi connectivity index (χ1n) is 5.35. The standard InChI is InChI=1S/C10H20N2OS/c1-2-9(11)10(13)12-7-8-3-5-14-6-4-8/h8-9H,2-7,11H2,1H3,(H,12,13)/t9-/m0/s1. The molecule has 0 aromatic rings. The Morgan fingerprint density at radius 3 is 2.79 bits per heavy atom. The highest BCUT2D eigenvalue weighted by Crippen LogP contribution is 2.21. The van der Waals surface area contributed by atoms with Crippen LogP contribution in [0.3, 0.4) is 0 Å². The van der Waals surface area contributed by atoms with E-state index in [4.69, 9.17) is 5.73 Å². The molecule has 1 aliphatic heterocycles. The first kappa shape index (κ1) is 11.9. The zero-order valence-corrected chi connectivity index (χ0v) is 9.61. The van der Waals surface area contributed by atoms with Crippen molar-refractivity contribution >= 4 is 17.7 Å². The third-order valence-electron chi connectivity index (χ3n) is 2.68. The van der Waals surface area contributed by atoms with Crippen molar-refractivity contribution in [1.82, 2.24) is 5.32 Å². The predicted molar refractivity (Wildman–Crippen MR) is 61.3 cm³/mol. The lowest BCUT2D eigenvalue weighted by Crippen LogP contribution is -2.42. The van der Waals surface area contributed by atoms with Gasteiger partial charge in [-0.1, -0.05) is 6.92 Å². The number of amides is 1. The summed E-state index contributed by atoms with van der Waals surface area (Å²) in [6.45, 7) is 2.74. The minimum atomic E-state index is -0.326. The van der Waals surface area contributed by atoms with E-state index < -0.39 is 0 Å². The first-order valence-corrected chi connectivity index (χ1v) is 6.50. The Balaban J connectivity index is 2.15. The maximum absolute atomic E-state index is 11.4. The van der Waals surface area contributed by atoms with E-state index in [1.165, 1.54) is 24.3 Å². The van der Waals surface area contributed by atoms with Gasteiger partial charge in [-0.15, -0.1) is 0 Å². The normalized spacial score (nSPS) is 20.4. The second-order valence-corrected chi connectivity index (χ2v) is 5.04. The number of carbonyl (C=O) groups excluding carboxylic acids is 1. The maximum Gasteiger partial charge on any atom is 0.236 e. The van der Waals surface area contributed by atoms with E-state index in [9.17, 15) is 4.79 Å². The third kappa shape index (κ3) is 3.88. The van der Waals surface area contributed by atoms with Crippen LogP contribution in [0.5, 0.6) is 0 Å². The lowest BCUT2D eigenvalue weighted by atomic mass is 10.0. The molecule has 1 rings (SSSR count). The highest BCUT2D eigenvalue weighted by Gasteiger charge is 2.16. The van der Waals surface area contributed by atoms with Crippen molar-refractivity contribution < 1.29 is 4.79 Å². The maximum atomic E-state index is 11.4. The van der Waals surface area contributed by atoms with Crippen molar-refractivity contribution in [2.45, 2.75) is 32.2 Å². The van der Waals surface area contributed by atoms with Crippen LogP contribution in [-0.4, -0.2) is 30.0 Å². The van der Waals surface area contributed by atoms with Gasteiger partial charge >= 0.3 is 0 Å². The Morgan fingerprint density at radius 2 is 2.21 bits per heavy atom. The van der Waals surface area contributed by atoms with Crippen LogP contribution in [0.1, 0.15) is 26.2 Å². The lowest BCUT2D eigenvalue weighted by molar-refractivity contribution is -0.122. The second kappa shape index (κ2) is 6.30. The summed E-state index contributed by atoms with van der Waals surface area (Å²) in [6.07, 6.45) is 3.17. The topological polar surface area (TPSA) is 55.1 Å². The molecule has 1 saturated heterocycles. The second-order valence-electron chi connectivity index (χ2n) is 3.82. The molecule has 1 atom stereocenters. The molecule has 3 nitrogen and oxygen atoms in total. The van der Waals surface area contributed by atoms with Gasteiger partial charge in [0.15, 0.2) is 0 Å². The van der Waals surface area contributed by atoms with Gasteiger partial charge in [-0.2, -0.15) is 11.8 Å². The van der Waals surface area contributed by atoms with Crippen LogP contribution in [0.15, 0.2) is 0 Å². The Labute approximate surface area is 90.2 Å². The molecule has 82 valence electrons. The van der Waals surface area contributed by atoms with Gasteiger partial charge in [-0.05, 0) is 36.7 Å². The number of carbonyl (C=O) groups is 1. The van der Waals surface area contributed by atoms with Crippen LogP contribution in [0.25, 0.3) is 0 Å². The quantitative estimate of drug-likeness (QED) is 0.736. The highest BCUT2D eigenvalue weighted by molar-refractivity contribution is 7.99. The largest absolute Gasteiger partial charge is 0.354 e. The van der Waals surface area contributed by atoms with Crippen LogP contribution in [0.2, 0.25) is 0 Å². The van der Waals surface area contributed by atoms with E-state index in [0.29, 0.717) is 12.3 Å². The van der Waals surface area contributed by atoms with E-state index >= 15 is 0 Å². The number of nitrogens with one attached hydrogen (secondary N) is 1. The van der Waals surface area contributed by atoms with E-state index in [2.05, 4.69) is 5.32 Å². The SMILES string of the molecule is CC[C@H](N)C(=O)NCC1CCSCC1. The summed E-state index contributed by atoms with van der Waals surface area (Å²) in [5.41, 5.74) is 5.62. The number of thioether (sulfide) groups is 1. The molecule has 3 N–H and O–H groups in total. The molecule has 14 heavy (non-hydrogen) atoms. The molecule has 1 amide bonds. The molecule has 0 radical (unpaired) electrons. The van der Waals surface area contributed by atoms with Crippen molar-refractivity contribution in [1.29, 1.82) is 0 Å². The Bertz CT molecular complexity index is 181. The van der Waals surface area contributed by atoms with Crippen molar-refractivity contribution in [3.8, 4) is 0 Å². The third-order valence-corrected chi connectivity index (χ3v) is 3.73. The fraction of sp³-hybridized carbons (Fsp3) is 0.900. The molecular weight excluding hydrogens is 196 g/mol. The summed E-state index contributed by atoms with van der Waals surface area (Å²) in [6, 6.07) is -0.326. The minimum absolute atomic E-state index is 0.00530. The molecule has 1 fully saturated rings. The van der Waals surface area contributed by atoms with Gasteiger partial charge in [-0.3, -0.25) is 4.79 Å². The summed E-state index contributed by atoms with van der Waals surface area (Å²) in [4.78, 5) is 11.4.